The summed E-state index contributed by atoms with van der Waals surface area (Å²) in [6, 6.07) is 7.66. The van der Waals surface area contributed by atoms with Crippen LogP contribution in [0, 0.1) is 11.7 Å². The number of amides is 3. The fraction of sp³-hybridized carbons (Fsp3) is 0.381. The van der Waals surface area contributed by atoms with Crippen LogP contribution < -0.4 is 10.2 Å². The molecule has 1 aromatic carbocycles. The van der Waals surface area contributed by atoms with Crippen molar-refractivity contribution in [2.75, 3.05) is 24.5 Å². The van der Waals surface area contributed by atoms with Crippen molar-refractivity contribution in [3.05, 3.63) is 54.2 Å². The third-order valence-electron chi connectivity index (χ3n) is 5.54. The fourth-order valence-electron chi connectivity index (χ4n) is 3.90. The number of para-hydroxylation sites is 1. The molecule has 0 radical (unpaired) electrons. The van der Waals surface area contributed by atoms with E-state index in [1.165, 1.54) is 23.5 Å². The minimum atomic E-state index is -0.507. The lowest BCUT2D eigenvalue weighted by atomic mass is 10.0. The minimum absolute atomic E-state index is 0.0477. The van der Waals surface area contributed by atoms with Crippen LogP contribution in [0.4, 0.5) is 10.1 Å². The summed E-state index contributed by atoms with van der Waals surface area (Å²) in [5.41, 5.74) is 0.726. The molecule has 3 heterocycles. The van der Waals surface area contributed by atoms with Gasteiger partial charge in [0.1, 0.15) is 12.1 Å². The van der Waals surface area contributed by atoms with Crippen LogP contribution in [0.15, 0.2) is 47.3 Å². The molecule has 1 aromatic heterocycles. The van der Waals surface area contributed by atoms with Gasteiger partial charge in [-0.1, -0.05) is 12.1 Å². The van der Waals surface area contributed by atoms with Crippen molar-refractivity contribution >= 4 is 23.4 Å². The summed E-state index contributed by atoms with van der Waals surface area (Å²) in [4.78, 5) is 40.4. The molecule has 4 rings (SSSR count). The molecule has 1 atom stereocenters. The van der Waals surface area contributed by atoms with Gasteiger partial charge in [0.05, 0.1) is 23.4 Å². The zero-order chi connectivity index (χ0) is 20.4. The normalized spacial score (nSPS) is 20.2. The highest BCUT2D eigenvalue weighted by Gasteiger charge is 2.37. The third kappa shape index (κ3) is 4.01. The quantitative estimate of drug-likeness (QED) is 0.854. The maximum atomic E-state index is 14.0. The number of likely N-dealkylation sites (tertiary alicyclic amines) is 1. The lowest BCUT2D eigenvalue weighted by molar-refractivity contribution is -0.127. The molecule has 0 saturated carbocycles. The Morgan fingerprint density at radius 1 is 1.14 bits per heavy atom. The third-order valence-corrected chi connectivity index (χ3v) is 5.54. The second-order valence-corrected chi connectivity index (χ2v) is 7.44. The zero-order valence-corrected chi connectivity index (χ0v) is 15.8. The van der Waals surface area contributed by atoms with Crippen LogP contribution in [-0.2, 0) is 9.59 Å². The Kier molecular flexibility index (Phi) is 5.33. The number of hydrogen-bond donors (Lipinski definition) is 1. The average Bonchev–Trinajstić information content (AvgIpc) is 3.39. The Morgan fingerprint density at radius 3 is 2.59 bits per heavy atom. The Hall–Kier alpha value is -3.16. The summed E-state index contributed by atoms with van der Waals surface area (Å²) in [5.74, 6) is -1.51. The van der Waals surface area contributed by atoms with E-state index in [0.717, 1.165) is 0 Å². The molecule has 0 spiro atoms. The highest BCUT2D eigenvalue weighted by atomic mass is 19.1. The number of carbonyl (C=O) groups is 3. The molecule has 2 aliphatic rings. The molecule has 2 fully saturated rings. The molecular formula is C21H22FN3O4. The minimum Gasteiger partial charge on any atom is -0.472 e. The highest BCUT2D eigenvalue weighted by Crippen LogP contribution is 2.27. The molecule has 29 heavy (non-hydrogen) atoms. The molecule has 2 aliphatic heterocycles. The standard InChI is InChI=1S/C21H22FN3O4/c22-17-3-1-2-4-18(17)25-12-15(11-19(25)26)20(27)23-16-5-8-24(9-6-16)21(28)14-7-10-29-13-14/h1-4,7,10,13,15-16H,5-6,8-9,11-12H2,(H,23,27)/t15-/m0/s1. The number of nitrogens with one attached hydrogen (secondary N) is 1. The lowest BCUT2D eigenvalue weighted by Crippen LogP contribution is -2.48. The number of rotatable bonds is 4. The molecular weight excluding hydrogens is 377 g/mol. The smallest absolute Gasteiger partial charge is 0.257 e. The van der Waals surface area contributed by atoms with E-state index in [4.69, 9.17) is 4.42 Å². The Morgan fingerprint density at radius 2 is 1.90 bits per heavy atom. The van der Waals surface area contributed by atoms with E-state index in [-0.39, 0.29) is 42.4 Å². The first-order chi connectivity index (χ1) is 14.0. The van der Waals surface area contributed by atoms with Gasteiger partial charge in [0.25, 0.3) is 5.91 Å². The monoisotopic (exact) mass is 399 g/mol. The fourth-order valence-corrected chi connectivity index (χ4v) is 3.90. The molecule has 0 unspecified atom stereocenters. The first-order valence-corrected chi connectivity index (χ1v) is 9.69. The highest BCUT2D eigenvalue weighted by molar-refractivity contribution is 6.00. The molecule has 1 N–H and O–H groups in total. The van der Waals surface area contributed by atoms with Crippen molar-refractivity contribution in [2.24, 2.45) is 5.92 Å². The van der Waals surface area contributed by atoms with Crippen LogP contribution in [0.5, 0.6) is 0 Å². The van der Waals surface area contributed by atoms with E-state index < -0.39 is 11.7 Å². The van der Waals surface area contributed by atoms with E-state index in [9.17, 15) is 18.8 Å². The van der Waals surface area contributed by atoms with E-state index in [1.807, 2.05) is 0 Å². The summed E-state index contributed by atoms with van der Waals surface area (Å²) < 4.78 is 18.9. The molecule has 2 saturated heterocycles. The number of furan rings is 1. The maximum Gasteiger partial charge on any atom is 0.257 e. The van der Waals surface area contributed by atoms with Crippen LogP contribution in [0.1, 0.15) is 29.6 Å². The van der Waals surface area contributed by atoms with Crippen molar-refractivity contribution in [1.29, 1.82) is 0 Å². The van der Waals surface area contributed by atoms with Gasteiger partial charge in [0, 0.05) is 32.1 Å². The first kappa shape index (κ1) is 19.2. The SMILES string of the molecule is O=C(NC1CCN(C(=O)c2ccoc2)CC1)[C@H]1CC(=O)N(c2ccccc2F)C1. The van der Waals surface area contributed by atoms with E-state index in [1.54, 1.807) is 29.2 Å². The van der Waals surface area contributed by atoms with Crippen LogP contribution in [0.2, 0.25) is 0 Å². The number of carbonyl (C=O) groups excluding carboxylic acids is 3. The number of halogens is 1. The van der Waals surface area contributed by atoms with Gasteiger partial charge in [-0.3, -0.25) is 14.4 Å². The molecule has 152 valence electrons. The van der Waals surface area contributed by atoms with Gasteiger partial charge in [-0.25, -0.2) is 4.39 Å². The van der Waals surface area contributed by atoms with Crippen molar-refractivity contribution in [1.82, 2.24) is 10.2 Å². The largest absolute Gasteiger partial charge is 0.472 e. The summed E-state index contributed by atoms with van der Waals surface area (Å²) in [5, 5.41) is 2.99. The molecule has 7 nitrogen and oxygen atoms in total. The molecule has 0 bridgehead atoms. The average molecular weight is 399 g/mol. The van der Waals surface area contributed by atoms with Gasteiger partial charge in [0.15, 0.2) is 0 Å². The van der Waals surface area contributed by atoms with Crippen molar-refractivity contribution in [2.45, 2.75) is 25.3 Å². The van der Waals surface area contributed by atoms with Gasteiger partial charge >= 0.3 is 0 Å². The topological polar surface area (TPSA) is 82.9 Å². The van der Waals surface area contributed by atoms with E-state index in [0.29, 0.717) is 31.5 Å². The summed E-state index contributed by atoms with van der Waals surface area (Å²) in [7, 11) is 0. The van der Waals surface area contributed by atoms with Gasteiger partial charge in [-0.05, 0) is 31.0 Å². The van der Waals surface area contributed by atoms with E-state index in [2.05, 4.69) is 5.32 Å². The zero-order valence-electron chi connectivity index (χ0n) is 15.8. The number of hydrogen-bond acceptors (Lipinski definition) is 4. The molecule has 8 heteroatoms. The van der Waals surface area contributed by atoms with Gasteiger partial charge < -0.3 is 19.5 Å². The second kappa shape index (κ2) is 8.06. The van der Waals surface area contributed by atoms with Crippen molar-refractivity contribution < 1.29 is 23.2 Å². The van der Waals surface area contributed by atoms with Crippen LogP contribution in [-0.4, -0.2) is 48.3 Å². The predicted octanol–water partition coefficient (Wildman–Crippen LogP) is 2.19. The van der Waals surface area contributed by atoms with Crippen LogP contribution >= 0.6 is 0 Å². The van der Waals surface area contributed by atoms with Crippen LogP contribution in [0.3, 0.4) is 0 Å². The van der Waals surface area contributed by atoms with Gasteiger partial charge in [-0.15, -0.1) is 0 Å². The Bertz CT molecular complexity index is 906. The summed E-state index contributed by atoms with van der Waals surface area (Å²) in [6.45, 7) is 1.25. The molecule has 2 aromatic rings. The molecule has 3 amide bonds. The predicted molar refractivity (Wildman–Crippen MR) is 103 cm³/mol. The van der Waals surface area contributed by atoms with E-state index >= 15 is 0 Å². The number of piperidine rings is 1. The first-order valence-electron chi connectivity index (χ1n) is 9.69. The summed E-state index contributed by atoms with van der Waals surface area (Å²) in [6.07, 6.45) is 4.25. The van der Waals surface area contributed by atoms with Gasteiger partial charge in [0.2, 0.25) is 11.8 Å². The number of nitrogens with zero attached hydrogens (tertiary/aromatic N) is 2. The van der Waals surface area contributed by atoms with Crippen LogP contribution in [0.25, 0.3) is 0 Å². The molecule has 0 aliphatic carbocycles. The second-order valence-electron chi connectivity index (χ2n) is 7.44. The lowest BCUT2D eigenvalue weighted by Gasteiger charge is -2.32. The number of benzene rings is 1. The number of anilines is 1. The Balaban J connectivity index is 1.30. The van der Waals surface area contributed by atoms with Crippen molar-refractivity contribution in [3.8, 4) is 0 Å². The van der Waals surface area contributed by atoms with Gasteiger partial charge in [-0.2, -0.15) is 0 Å². The Labute approximate surface area is 167 Å². The maximum absolute atomic E-state index is 14.0. The summed E-state index contributed by atoms with van der Waals surface area (Å²) >= 11 is 0. The van der Waals surface area contributed by atoms with Crippen molar-refractivity contribution in [3.63, 3.8) is 0 Å².